The van der Waals surface area contributed by atoms with Crippen LogP contribution in [-0.2, 0) is 39.1 Å². The van der Waals surface area contributed by atoms with Gasteiger partial charge in [-0.1, -0.05) is 0 Å². The van der Waals surface area contributed by atoms with E-state index in [0.717, 1.165) is 31.8 Å². The van der Waals surface area contributed by atoms with Gasteiger partial charge in [0.15, 0.2) is 0 Å². The molecule has 0 amide bonds. The average molecular weight is 721 g/mol. The van der Waals surface area contributed by atoms with Crippen LogP contribution in [0.5, 0.6) is 0 Å². The fourth-order valence-corrected chi connectivity index (χ4v) is 13.2. The van der Waals surface area contributed by atoms with Gasteiger partial charge in [-0.3, -0.25) is 0 Å². The van der Waals surface area contributed by atoms with Gasteiger partial charge in [0, 0.05) is 20.4 Å². The fourth-order valence-electron chi connectivity index (χ4n) is 5.75. The Morgan fingerprint density at radius 2 is 0.467 bits per heavy atom. The molecular formula is C38H32O4P2Pd. The minimum Gasteiger partial charge on any atom is 0 e. The summed E-state index contributed by atoms with van der Waals surface area (Å²) in [5.41, 5.74) is 0. The topological polar surface area (TPSA) is 52.6 Å². The predicted molar refractivity (Wildman–Crippen MR) is 185 cm³/mol. The number of carbonyl (C=O) groups is 2. The van der Waals surface area contributed by atoms with Crippen LogP contribution in [0.4, 0.5) is 0 Å². The van der Waals surface area contributed by atoms with Crippen molar-refractivity contribution in [2.75, 3.05) is 0 Å². The van der Waals surface area contributed by atoms with E-state index in [4.69, 9.17) is 9.05 Å². The van der Waals surface area contributed by atoms with Gasteiger partial charge in [-0.2, -0.15) is 0 Å². The number of carbonyl (C=O) groups excluding carboxylic acids is 2. The molecule has 0 radical (unpaired) electrons. The van der Waals surface area contributed by atoms with Crippen molar-refractivity contribution in [3.05, 3.63) is 182 Å². The molecule has 0 N–H and O–H groups in total. The van der Waals surface area contributed by atoms with Crippen molar-refractivity contribution in [1.29, 1.82) is 0 Å². The molecule has 0 aliphatic carbocycles. The molecule has 0 aromatic heterocycles. The SMILES string of the molecule is O=C(O[PH](c1ccccc1)(c1ccccc1)c1ccccc1)C(=O)O[PH](c1ccccc1)(c1ccccc1)c1ccccc1.[Pd]. The second kappa shape index (κ2) is 14.7. The van der Waals surface area contributed by atoms with Crippen molar-refractivity contribution < 1.29 is 39.1 Å². The van der Waals surface area contributed by atoms with Gasteiger partial charge in [-0.05, 0) is 0 Å². The minimum atomic E-state index is -3.50. The monoisotopic (exact) mass is 720 g/mol. The van der Waals surface area contributed by atoms with Crippen LogP contribution in [0.3, 0.4) is 0 Å². The van der Waals surface area contributed by atoms with Gasteiger partial charge in [0.2, 0.25) is 0 Å². The molecule has 0 saturated heterocycles. The van der Waals surface area contributed by atoms with E-state index in [1.807, 2.05) is 182 Å². The van der Waals surface area contributed by atoms with E-state index in [1.54, 1.807) is 0 Å². The average Bonchev–Trinajstić information content (AvgIpc) is 3.11. The maximum Gasteiger partial charge on any atom is 0 e. The fraction of sp³-hybridized carbons (Fsp3) is 0. The van der Waals surface area contributed by atoms with Crippen molar-refractivity contribution in [3.63, 3.8) is 0 Å². The Kier molecular flexibility index (Phi) is 10.5. The molecule has 0 saturated carbocycles. The Morgan fingerprint density at radius 1 is 0.311 bits per heavy atom. The largest absolute Gasteiger partial charge is 0 e. The molecule has 6 aromatic carbocycles. The summed E-state index contributed by atoms with van der Waals surface area (Å²) in [7, 11) is -7.00. The van der Waals surface area contributed by atoms with Crippen LogP contribution >= 0.6 is 15.0 Å². The first-order chi connectivity index (χ1) is 21.6. The smallest absolute Gasteiger partial charge is 0 e. The van der Waals surface area contributed by atoms with Crippen LogP contribution in [-0.4, -0.2) is 11.9 Å². The molecule has 0 unspecified atom stereocenters. The van der Waals surface area contributed by atoms with E-state index < -0.39 is 26.9 Å². The van der Waals surface area contributed by atoms with E-state index in [1.165, 1.54) is 0 Å². The first-order valence-corrected chi connectivity index (χ1v) is 18.3. The molecule has 45 heavy (non-hydrogen) atoms. The third kappa shape index (κ3) is 6.46. The molecule has 228 valence electrons. The molecule has 0 aliphatic rings. The summed E-state index contributed by atoms with van der Waals surface area (Å²) in [6.45, 7) is 0. The third-order valence-electron chi connectivity index (χ3n) is 7.74. The van der Waals surface area contributed by atoms with Gasteiger partial charge in [0.25, 0.3) is 0 Å². The standard InChI is InChI=1S/C38H32O4P2.Pd/c39-37(41-43(31-19-7-1-8-20-31,32-21-9-2-10-22-32)33-23-11-3-12-24-33)38(40)42-44(34-25-13-4-14-26-34,35-27-15-5-16-28-35)36-29-17-6-18-30-36;/h1-30,43-44H;. The van der Waals surface area contributed by atoms with Crippen molar-refractivity contribution in [3.8, 4) is 0 Å². The first-order valence-electron chi connectivity index (χ1n) is 14.4. The molecule has 6 aromatic rings. The van der Waals surface area contributed by atoms with Gasteiger partial charge in [-0.15, -0.1) is 0 Å². The summed E-state index contributed by atoms with van der Waals surface area (Å²) in [6, 6.07) is 58.2. The second-order valence-corrected chi connectivity index (χ2v) is 16.9. The van der Waals surface area contributed by atoms with Gasteiger partial charge in [-0.25, -0.2) is 0 Å². The van der Waals surface area contributed by atoms with Crippen molar-refractivity contribution in [2.24, 2.45) is 0 Å². The number of benzene rings is 6. The zero-order chi connectivity index (χ0) is 30.2. The Morgan fingerprint density at radius 3 is 0.622 bits per heavy atom. The molecular weight excluding hydrogens is 689 g/mol. The zero-order valence-corrected chi connectivity index (χ0v) is 27.8. The van der Waals surface area contributed by atoms with Crippen LogP contribution in [0.2, 0.25) is 0 Å². The molecule has 0 atom stereocenters. The Balaban J connectivity index is 0.00000400. The van der Waals surface area contributed by atoms with Crippen LogP contribution in [0, 0.1) is 0 Å². The van der Waals surface area contributed by atoms with Crippen molar-refractivity contribution in [2.45, 2.75) is 0 Å². The first kappa shape index (κ1) is 32.2. The summed E-state index contributed by atoms with van der Waals surface area (Å²) < 4.78 is 13.1. The summed E-state index contributed by atoms with van der Waals surface area (Å²) in [4.78, 5) is 28.4. The van der Waals surface area contributed by atoms with E-state index in [2.05, 4.69) is 0 Å². The van der Waals surface area contributed by atoms with Gasteiger partial charge in [0.1, 0.15) is 0 Å². The summed E-state index contributed by atoms with van der Waals surface area (Å²) >= 11 is 0. The van der Waals surface area contributed by atoms with Crippen LogP contribution in [0.15, 0.2) is 182 Å². The maximum absolute atomic E-state index is 14.2. The van der Waals surface area contributed by atoms with E-state index in [0.29, 0.717) is 0 Å². The summed E-state index contributed by atoms with van der Waals surface area (Å²) in [5.74, 6) is -2.04. The Hall–Kier alpha value is -4.22. The quantitative estimate of drug-likeness (QED) is 0.121. The minimum absolute atomic E-state index is 0. The molecule has 0 heterocycles. The van der Waals surface area contributed by atoms with Crippen LogP contribution in [0.25, 0.3) is 0 Å². The molecule has 0 spiro atoms. The van der Waals surface area contributed by atoms with Crippen molar-refractivity contribution in [1.82, 2.24) is 0 Å². The number of rotatable bonds is 8. The zero-order valence-electron chi connectivity index (χ0n) is 24.3. The van der Waals surface area contributed by atoms with Crippen LogP contribution < -0.4 is 31.8 Å². The number of hydrogen-bond donors (Lipinski definition) is 0. The normalized spacial score (nSPS) is 11.8. The molecule has 0 bridgehead atoms. The summed E-state index contributed by atoms with van der Waals surface area (Å²) in [6.07, 6.45) is 0. The Labute approximate surface area is 278 Å². The van der Waals surface area contributed by atoms with Gasteiger partial charge in [0.05, 0.1) is 0 Å². The van der Waals surface area contributed by atoms with Gasteiger partial charge < -0.3 is 0 Å². The van der Waals surface area contributed by atoms with E-state index >= 15 is 0 Å². The summed E-state index contributed by atoms with van der Waals surface area (Å²) in [5, 5.41) is 5.06. The molecule has 0 fully saturated rings. The maximum atomic E-state index is 14.2. The molecule has 7 heteroatoms. The molecule has 4 nitrogen and oxygen atoms in total. The molecule has 0 aliphatic heterocycles. The Bertz CT molecular complexity index is 1490. The third-order valence-corrected chi connectivity index (χ3v) is 15.6. The number of hydrogen-bond acceptors (Lipinski definition) is 4. The van der Waals surface area contributed by atoms with E-state index in [9.17, 15) is 9.59 Å². The van der Waals surface area contributed by atoms with Gasteiger partial charge >= 0.3 is 259 Å². The van der Waals surface area contributed by atoms with Crippen molar-refractivity contribution >= 4 is 58.7 Å². The van der Waals surface area contributed by atoms with E-state index in [-0.39, 0.29) is 20.4 Å². The predicted octanol–water partition coefficient (Wildman–Crippen LogP) is 5.35. The second-order valence-electron chi connectivity index (χ2n) is 10.3. The van der Waals surface area contributed by atoms with Crippen LogP contribution in [0.1, 0.15) is 0 Å². The molecule has 6 rings (SSSR count).